The van der Waals surface area contributed by atoms with Crippen LogP contribution in [0.3, 0.4) is 0 Å². The number of ether oxygens (including phenoxy) is 5. The Hall–Kier alpha value is -4.23. The minimum absolute atomic E-state index is 0.00158. The van der Waals surface area contributed by atoms with Gasteiger partial charge in [-0.1, -0.05) is 52.8 Å². The van der Waals surface area contributed by atoms with Gasteiger partial charge in [-0.25, -0.2) is 14.4 Å². The van der Waals surface area contributed by atoms with Crippen molar-refractivity contribution < 1.29 is 62.3 Å². The Morgan fingerprint density at radius 1 is 1.20 bits per heavy atom. The predicted octanol–water partition coefficient (Wildman–Crippen LogP) is 3.87. The summed E-state index contributed by atoms with van der Waals surface area (Å²) in [6, 6.07) is 1.67. The first-order valence-electron chi connectivity index (χ1n) is 17.3. The molecule has 4 aliphatic rings. The number of carbonyl (C=O) groups excluding carboxylic acids is 5. The molecule has 1 aromatic rings. The first-order valence-corrected chi connectivity index (χ1v) is 17.3. The Kier molecular flexibility index (Phi) is 10.2. The summed E-state index contributed by atoms with van der Waals surface area (Å²) in [4.78, 5) is 65.7. The number of cyclic esters (lactones) is 1. The summed E-state index contributed by atoms with van der Waals surface area (Å²) in [5.41, 5.74) is -5.72. The van der Waals surface area contributed by atoms with Crippen molar-refractivity contribution in [3.05, 3.63) is 60.1 Å². The number of allylic oxidation sites excluding steroid dienone is 2. The molecule has 0 radical (unpaired) electrons. The van der Waals surface area contributed by atoms with Gasteiger partial charge in [-0.2, -0.15) is 0 Å². The molecule has 0 amide bonds. The van der Waals surface area contributed by atoms with E-state index >= 15 is 0 Å². The molecule has 12 atom stereocenters. The van der Waals surface area contributed by atoms with Crippen LogP contribution in [-0.4, -0.2) is 82.8 Å². The average molecular weight is 713 g/mol. The molecule has 3 heterocycles. The normalized spacial score (nSPS) is 39.0. The predicted molar refractivity (Wildman–Crippen MR) is 178 cm³/mol. The lowest BCUT2D eigenvalue weighted by atomic mass is 9.47. The smallest absolute Gasteiger partial charge is 0.335 e. The van der Waals surface area contributed by atoms with Crippen LogP contribution >= 0.6 is 0 Å². The third-order valence-electron chi connectivity index (χ3n) is 12.3. The second kappa shape index (κ2) is 13.7. The second-order valence-corrected chi connectivity index (χ2v) is 15.0. The van der Waals surface area contributed by atoms with Crippen LogP contribution in [-0.2, 0) is 47.7 Å². The Bertz CT molecular complexity index is 1630. The summed E-state index contributed by atoms with van der Waals surface area (Å²) in [6.07, 6.45) is 1.59. The topological polar surface area (TPSA) is 185 Å². The van der Waals surface area contributed by atoms with Gasteiger partial charge in [0, 0.05) is 34.8 Å². The van der Waals surface area contributed by atoms with E-state index in [-0.39, 0.29) is 37.1 Å². The fourth-order valence-corrected chi connectivity index (χ4v) is 9.07. The Morgan fingerprint density at radius 2 is 1.90 bits per heavy atom. The van der Waals surface area contributed by atoms with Crippen LogP contribution in [0.15, 0.2) is 59.0 Å². The van der Waals surface area contributed by atoms with E-state index in [1.165, 1.54) is 24.7 Å². The third kappa shape index (κ3) is 5.91. The number of aliphatic hydroxyl groups is 2. The number of fused-ring (bicyclic) bond motifs is 2. The number of furan rings is 1. The van der Waals surface area contributed by atoms with Crippen LogP contribution in [0.1, 0.15) is 79.2 Å². The number of carbonyl (C=O) groups is 5. The molecule has 2 saturated carbocycles. The Labute approximate surface area is 297 Å². The summed E-state index contributed by atoms with van der Waals surface area (Å²) in [7, 11) is 0. The molecule has 278 valence electrons. The summed E-state index contributed by atoms with van der Waals surface area (Å²) in [6.45, 7) is 16.0. The van der Waals surface area contributed by atoms with E-state index in [2.05, 4.69) is 6.58 Å². The van der Waals surface area contributed by atoms with E-state index in [0.717, 1.165) is 0 Å². The molecule has 2 aliphatic heterocycles. The van der Waals surface area contributed by atoms with Crippen molar-refractivity contribution in [1.82, 2.24) is 0 Å². The molecule has 2 N–H and O–H groups in total. The lowest BCUT2D eigenvalue weighted by molar-refractivity contribution is -0.243. The Balaban J connectivity index is 1.80. The van der Waals surface area contributed by atoms with E-state index in [1.807, 2.05) is 0 Å². The molecule has 1 aromatic heterocycles. The minimum atomic E-state index is -2.21. The summed E-state index contributed by atoms with van der Waals surface area (Å²) in [5.74, 6) is -6.31. The van der Waals surface area contributed by atoms with Crippen molar-refractivity contribution in [2.75, 3.05) is 6.61 Å². The SMILES string of the molecule is C=C1[C@@H]([C@@]2(C)C=CC(=O)O[C@]3(C)COC(=O)C[C@H]23)[C@@H](OC=O)[C@H](OC(=O)[C@H](O)[C@H](C)CC)[C@@]2(C)[C@H](c3ccoc3)C[C@H](OC(=O)/C(C)=C/C)[C@]12O. The number of hydrogen-bond acceptors (Lipinski definition) is 13. The van der Waals surface area contributed by atoms with Gasteiger partial charge in [0.1, 0.15) is 36.1 Å². The van der Waals surface area contributed by atoms with E-state index in [1.54, 1.807) is 60.6 Å². The zero-order valence-corrected chi connectivity index (χ0v) is 30.1. The number of rotatable bonds is 10. The number of hydrogen-bond donors (Lipinski definition) is 2. The van der Waals surface area contributed by atoms with Gasteiger partial charge in [0.25, 0.3) is 6.47 Å². The summed E-state index contributed by atoms with van der Waals surface area (Å²) in [5, 5.41) is 24.5. The zero-order valence-electron chi connectivity index (χ0n) is 30.1. The molecule has 51 heavy (non-hydrogen) atoms. The first kappa shape index (κ1) is 38.0. The lowest BCUT2D eigenvalue weighted by Crippen LogP contribution is -2.71. The van der Waals surface area contributed by atoms with Crippen LogP contribution in [0, 0.1) is 28.6 Å². The van der Waals surface area contributed by atoms with Gasteiger partial charge in [-0.05, 0) is 50.3 Å². The minimum Gasteiger partial charge on any atom is -0.472 e. The maximum atomic E-state index is 13.9. The van der Waals surface area contributed by atoms with E-state index < -0.39 is 94.0 Å². The van der Waals surface area contributed by atoms with Crippen LogP contribution in [0.25, 0.3) is 0 Å². The molecule has 0 bridgehead atoms. The fourth-order valence-electron chi connectivity index (χ4n) is 9.07. The van der Waals surface area contributed by atoms with Gasteiger partial charge in [0.2, 0.25) is 0 Å². The van der Waals surface area contributed by atoms with Crippen molar-refractivity contribution in [2.24, 2.45) is 28.6 Å². The molecule has 0 aromatic carbocycles. The fraction of sp³-hybridized carbons (Fsp3) is 0.605. The third-order valence-corrected chi connectivity index (χ3v) is 12.3. The average Bonchev–Trinajstić information content (AvgIpc) is 3.69. The molecule has 1 saturated heterocycles. The standard InChI is InChI=1S/C38H48O13/c1-9-20(3)30(42)34(44)50-32-31(48-19-39)29(35(6)13-11-27(40)51-36(7)18-47-28(41)16-25(35)36)22(5)38(45)26(49-33(43)21(4)10-2)15-24(37(32,38)8)23-12-14-46-17-23/h10-14,17,19-20,24-26,29-32,42,45H,5,9,15-16,18H2,1-4,6-8H3/b21-10+/t20-,24+,25-,26+,29-,30-,31-,32+,35+,36-,37-,38-/m1/s1. The number of aliphatic hydroxyl groups excluding tert-OH is 1. The van der Waals surface area contributed by atoms with E-state index in [4.69, 9.17) is 28.1 Å². The highest BCUT2D eigenvalue weighted by molar-refractivity contribution is 5.88. The van der Waals surface area contributed by atoms with Gasteiger partial charge in [-0.3, -0.25) is 9.59 Å². The molecular weight excluding hydrogens is 664 g/mol. The quantitative estimate of drug-likeness (QED) is 0.117. The van der Waals surface area contributed by atoms with Crippen molar-refractivity contribution >= 4 is 30.3 Å². The van der Waals surface area contributed by atoms with Gasteiger partial charge in [0.05, 0.1) is 24.4 Å². The van der Waals surface area contributed by atoms with Crippen LogP contribution in [0.5, 0.6) is 0 Å². The summed E-state index contributed by atoms with van der Waals surface area (Å²) < 4.78 is 34.9. The van der Waals surface area contributed by atoms with Gasteiger partial charge >= 0.3 is 23.9 Å². The Morgan fingerprint density at radius 3 is 2.51 bits per heavy atom. The largest absolute Gasteiger partial charge is 0.472 e. The van der Waals surface area contributed by atoms with Crippen molar-refractivity contribution in [3.63, 3.8) is 0 Å². The summed E-state index contributed by atoms with van der Waals surface area (Å²) >= 11 is 0. The van der Waals surface area contributed by atoms with E-state index in [0.29, 0.717) is 12.0 Å². The molecule has 3 fully saturated rings. The van der Waals surface area contributed by atoms with Gasteiger partial charge in [0.15, 0.2) is 6.10 Å². The van der Waals surface area contributed by atoms with Gasteiger partial charge < -0.3 is 38.3 Å². The molecular formula is C38H48O13. The van der Waals surface area contributed by atoms with Crippen molar-refractivity contribution in [1.29, 1.82) is 0 Å². The number of esters is 4. The molecule has 13 nitrogen and oxygen atoms in total. The highest BCUT2D eigenvalue weighted by Crippen LogP contribution is 2.69. The highest BCUT2D eigenvalue weighted by Gasteiger charge is 2.77. The van der Waals surface area contributed by atoms with Crippen LogP contribution in [0.4, 0.5) is 0 Å². The zero-order chi connectivity index (χ0) is 37.7. The first-order chi connectivity index (χ1) is 23.9. The second-order valence-electron chi connectivity index (χ2n) is 15.0. The maximum Gasteiger partial charge on any atom is 0.335 e. The lowest BCUT2D eigenvalue weighted by Gasteiger charge is -2.61. The highest BCUT2D eigenvalue weighted by atomic mass is 16.6. The van der Waals surface area contributed by atoms with Crippen LogP contribution < -0.4 is 0 Å². The van der Waals surface area contributed by atoms with Crippen LogP contribution in [0.2, 0.25) is 0 Å². The molecule has 2 aliphatic carbocycles. The molecule has 5 rings (SSSR count). The van der Waals surface area contributed by atoms with E-state index in [9.17, 15) is 34.2 Å². The molecule has 0 unspecified atom stereocenters. The molecule has 13 heteroatoms. The van der Waals surface area contributed by atoms with Crippen molar-refractivity contribution in [2.45, 2.75) is 109 Å². The maximum absolute atomic E-state index is 13.9. The van der Waals surface area contributed by atoms with Crippen molar-refractivity contribution in [3.8, 4) is 0 Å². The molecule has 0 spiro atoms. The monoisotopic (exact) mass is 712 g/mol. The van der Waals surface area contributed by atoms with Gasteiger partial charge in [-0.15, -0.1) is 0 Å².